The van der Waals surface area contributed by atoms with Crippen molar-refractivity contribution < 1.29 is 18.7 Å². The summed E-state index contributed by atoms with van der Waals surface area (Å²) >= 11 is 1.37. The Labute approximate surface area is 147 Å². The first kappa shape index (κ1) is 17.3. The zero-order chi connectivity index (χ0) is 17.6. The number of hydrazine groups is 1. The van der Waals surface area contributed by atoms with Gasteiger partial charge >= 0.3 is 0 Å². The quantitative estimate of drug-likeness (QED) is 0.795. The van der Waals surface area contributed by atoms with Crippen LogP contribution in [0.3, 0.4) is 0 Å². The van der Waals surface area contributed by atoms with Crippen molar-refractivity contribution in [2.45, 2.75) is 6.42 Å². The number of morpholine rings is 1. The number of benzene rings is 1. The van der Waals surface area contributed by atoms with Gasteiger partial charge in [0.25, 0.3) is 5.91 Å². The Hall–Kier alpha value is -2.52. The summed E-state index contributed by atoms with van der Waals surface area (Å²) in [4.78, 5) is 30.2. The lowest BCUT2D eigenvalue weighted by Crippen LogP contribution is -2.42. The number of nitrogens with one attached hydrogen (secondary N) is 2. The summed E-state index contributed by atoms with van der Waals surface area (Å²) in [5.41, 5.74) is 5.56. The van der Waals surface area contributed by atoms with E-state index >= 15 is 0 Å². The maximum Gasteiger partial charge on any atom is 0.289 e. The molecule has 0 radical (unpaired) electrons. The van der Waals surface area contributed by atoms with Crippen molar-refractivity contribution in [3.63, 3.8) is 0 Å². The monoisotopic (exact) mass is 364 g/mol. The molecule has 1 saturated heterocycles. The molecule has 1 aliphatic heterocycles. The van der Waals surface area contributed by atoms with Crippen molar-refractivity contribution in [2.24, 2.45) is 0 Å². The third-order valence-corrected chi connectivity index (χ3v) is 4.50. The van der Waals surface area contributed by atoms with Gasteiger partial charge < -0.3 is 9.64 Å². The number of rotatable bonds is 4. The van der Waals surface area contributed by atoms with Gasteiger partial charge in [-0.2, -0.15) is 0 Å². The maximum absolute atomic E-state index is 12.8. The van der Waals surface area contributed by atoms with E-state index in [1.807, 2.05) is 0 Å². The van der Waals surface area contributed by atoms with Gasteiger partial charge in [0.1, 0.15) is 11.5 Å². The Balaban J connectivity index is 1.49. The van der Waals surface area contributed by atoms with E-state index in [9.17, 15) is 14.0 Å². The molecule has 0 spiro atoms. The van der Waals surface area contributed by atoms with Crippen molar-refractivity contribution in [1.82, 2.24) is 15.8 Å². The Morgan fingerprint density at radius 1 is 1.20 bits per heavy atom. The number of hydrogen-bond donors (Lipinski definition) is 2. The number of nitrogens with zero attached hydrogens (tertiary/aromatic N) is 2. The molecule has 132 valence electrons. The largest absolute Gasteiger partial charge is 0.378 e. The second-order valence-corrected chi connectivity index (χ2v) is 6.26. The molecule has 1 aromatic heterocycles. The van der Waals surface area contributed by atoms with E-state index in [0.717, 1.165) is 18.2 Å². The van der Waals surface area contributed by atoms with E-state index in [1.54, 1.807) is 5.38 Å². The van der Waals surface area contributed by atoms with E-state index < -0.39 is 11.8 Å². The van der Waals surface area contributed by atoms with Gasteiger partial charge in [0.05, 0.1) is 19.6 Å². The van der Waals surface area contributed by atoms with Crippen LogP contribution in [0.15, 0.2) is 29.6 Å². The standard InChI is InChI=1S/C16H17FN4O3S/c17-12-3-1-11(2-4-12)9-14(22)19-20-15(23)13-10-25-16(18-13)21-5-7-24-8-6-21/h1-4,10H,5-9H2,(H,19,22)(H,20,23). The average Bonchev–Trinajstić information content (AvgIpc) is 3.13. The Bertz CT molecular complexity index is 744. The van der Waals surface area contributed by atoms with Gasteiger partial charge in [-0.25, -0.2) is 9.37 Å². The second-order valence-electron chi connectivity index (χ2n) is 5.42. The van der Waals surface area contributed by atoms with E-state index in [4.69, 9.17) is 4.74 Å². The van der Waals surface area contributed by atoms with Gasteiger partial charge in [-0.3, -0.25) is 20.4 Å². The zero-order valence-electron chi connectivity index (χ0n) is 13.3. The second kappa shape index (κ2) is 8.04. The van der Waals surface area contributed by atoms with Crippen LogP contribution in [0, 0.1) is 5.82 Å². The summed E-state index contributed by atoms with van der Waals surface area (Å²) in [6.45, 7) is 2.76. The average molecular weight is 364 g/mol. The zero-order valence-corrected chi connectivity index (χ0v) is 14.1. The van der Waals surface area contributed by atoms with Gasteiger partial charge in [-0.05, 0) is 17.7 Å². The Kier molecular flexibility index (Phi) is 5.56. The van der Waals surface area contributed by atoms with Crippen LogP contribution in [-0.4, -0.2) is 43.1 Å². The molecule has 2 heterocycles. The number of thiazole rings is 1. The minimum absolute atomic E-state index is 0.0383. The first-order valence-electron chi connectivity index (χ1n) is 7.73. The summed E-state index contributed by atoms with van der Waals surface area (Å²) in [5, 5.41) is 2.40. The molecule has 1 aliphatic rings. The van der Waals surface area contributed by atoms with Crippen molar-refractivity contribution >= 4 is 28.3 Å². The number of hydrogen-bond acceptors (Lipinski definition) is 6. The van der Waals surface area contributed by atoms with Crippen molar-refractivity contribution in [1.29, 1.82) is 0 Å². The fraction of sp³-hybridized carbons (Fsp3) is 0.312. The number of anilines is 1. The lowest BCUT2D eigenvalue weighted by molar-refractivity contribution is -0.121. The number of aromatic nitrogens is 1. The minimum Gasteiger partial charge on any atom is -0.378 e. The maximum atomic E-state index is 12.8. The molecule has 1 aromatic carbocycles. The lowest BCUT2D eigenvalue weighted by atomic mass is 10.1. The molecule has 0 unspecified atom stereocenters. The number of amides is 2. The topological polar surface area (TPSA) is 83.6 Å². The number of ether oxygens (including phenoxy) is 1. The molecule has 2 aromatic rings. The molecule has 0 bridgehead atoms. The van der Waals surface area contributed by atoms with Crippen LogP contribution in [0.4, 0.5) is 9.52 Å². The first-order valence-corrected chi connectivity index (χ1v) is 8.61. The van der Waals surface area contributed by atoms with Crippen LogP contribution in [0.1, 0.15) is 16.1 Å². The third-order valence-electron chi connectivity index (χ3n) is 3.60. The number of halogens is 1. The molecule has 25 heavy (non-hydrogen) atoms. The van der Waals surface area contributed by atoms with E-state index in [2.05, 4.69) is 20.7 Å². The third kappa shape index (κ3) is 4.74. The van der Waals surface area contributed by atoms with E-state index in [0.29, 0.717) is 18.8 Å². The summed E-state index contributed by atoms with van der Waals surface area (Å²) < 4.78 is 18.1. The number of carbonyl (C=O) groups is 2. The molecule has 0 saturated carbocycles. The van der Waals surface area contributed by atoms with Crippen LogP contribution < -0.4 is 15.8 Å². The molecule has 9 heteroatoms. The van der Waals surface area contributed by atoms with Crippen LogP contribution >= 0.6 is 11.3 Å². The molecule has 7 nitrogen and oxygen atoms in total. The molecule has 2 N–H and O–H groups in total. The SMILES string of the molecule is O=C(Cc1ccc(F)cc1)NNC(=O)c1csc(N2CCOCC2)n1. The van der Waals surface area contributed by atoms with Gasteiger partial charge in [-0.15, -0.1) is 11.3 Å². The highest BCUT2D eigenvalue weighted by molar-refractivity contribution is 7.13. The van der Waals surface area contributed by atoms with Crippen LogP contribution in [0.5, 0.6) is 0 Å². The molecule has 0 atom stereocenters. The van der Waals surface area contributed by atoms with E-state index in [1.165, 1.54) is 35.6 Å². The van der Waals surface area contributed by atoms with E-state index in [-0.39, 0.29) is 17.9 Å². The summed E-state index contributed by atoms with van der Waals surface area (Å²) in [6, 6.07) is 5.60. The fourth-order valence-electron chi connectivity index (χ4n) is 2.29. The predicted molar refractivity (Wildman–Crippen MR) is 90.9 cm³/mol. The molecule has 0 aliphatic carbocycles. The Morgan fingerprint density at radius 2 is 1.92 bits per heavy atom. The summed E-state index contributed by atoms with van der Waals surface area (Å²) in [6.07, 6.45) is 0.0383. The normalized spacial score (nSPS) is 14.2. The summed E-state index contributed by atoms with van der Waals surface area (Å²) in [7, 11) is 0. The highest BCUT2D eigenvalue weighted by Crippen LogP contribution is 2.21. The number of carbonyl (C=O) groups excluding carboxylic acids is 2. The Morgan fingerprint density at radius 3 is 2.64 bits per heavy atom. The molecule has 2 amide bonds. The smallest absolute Gasteiger partial charge is 0.289 e. The predicted octanol–water partition coefficient (Wildman–Crippen LogP) is 1.12. The fourth-order valence-corrected chi connectivity index (χ4v) is 3.15. The molecular formula is C16H17FN4O3S. The van der Waals surface area contributed by atoms with Crippen LogP contribution in [-0.2, 0) is 16.0 Å². The molecular weight excluding hydrogens is 347 g/mol. The molecule has 3 rings (SSSR count). The van der Waals surface area contributed by atoms with Gasteiger partial charge in [0, 0.05) is 18.5 Å². The van der Waals surface area contributed by atoms with Crippen LogP contribution in [0.25, 0.3) is 0 Å². The minimum atomic E-state index is -0.483. The molecule has 1 fully saturated rings. The van der Waals surface area contributed by atoms with Crippen molar-refractivity contribution in [3.05, 3.63) is 46.7 Å². The highest BCUT2D eigenvalue weighted by Gasteiger charge is 2.17. The summed E-state index contributed by atoms with van der Waals surface area (Å²) in [5.74, 6) is -1.25. The van der Waals surface area contributed by atoms with Crippen molar-refractivity contribution in [2.75, 3.05) is 31.2 Å². The first-order chi connectivity index (χ1) is 12.1. The van der Waals surface area contributed by atoms with Crippen molar-refractivity contribution in [3.8, 4) is 0 Å². The van der Waals surface area contributed by atoms with Gasteiger partial charge in [-0.1, -0.05) is 12.1 Å². The highest BCUT2D eigenvalue weighted by atomic mass is 32.1. The lowest BCUT2D eigenvalue weighted by Gasteiger charge is -2.25. The van der Waals surface area contributed by atoms with Crippen LogP contribution in [0.2, 0.25) is 0 Å². The van der Waals surface area contributed by atoms with Gasteiger partial charge in [0.15, 0.2) is 5.13 Å². The van der Waals surface area contributed by atoms with Gasteiger partial charge in [0.2, 0.25) is 5.91 Å².